The normalized spacial score (nSPS) is 17.9. The molecule has 92 valence electrons. The molecule has 5 heteroatoms. The van der Waals surface area contributed by atoms with Crippen LogP contribution in [0.15, 0.2) is 29.2 Å². The van der Waals surface area contributed by atoms with Crippen molar-refractivity contribution in [3.05, 3.63) is 30.1 Å². The van der Waals surface area contributed by atoms with Crippen LogP contribution in [-0.4, -0.2) is 29.8 Å². The molecule has 17 heavy (non-hydrogen) atoms. The molecule has 3 nitrogen and oxygen atoms in total. The van der Waals surface area contributed by atoms with E-state index in [1.54, 1.807) is 24.1 Å². The van der Waals surface area contributed by atoms with Crippen molar-refractivity contribution >= 4 is 18.4 Å². The minimum absolute atomic E-state index is 0.205. The topological polar surface area (TPSA) is 32.3 Å². The monoisotopic (exact) mass is 254 g/mol. The van der Waals surface area contributed by atoms with E-state index >= 15 is 0 Å². The number of hydrogen-bond acceptors (Lipinski definition) is 3. The van der Waals surface area contributed by atoms with Gasteiger partial charge in [0.15, 0.2) is 0 Å². The van der Waals surface area contributed by atoms with Gasteiger partial charge in [-0.1, -0.05) is 0 Å². The Labute approximate surface area is 105 Å². The first-order valence-electron chi connectivity index (χ1n) is 5.66. The molecular formula is C12H15FN2OS. The summed E-state index contributed by atoms with van der Waals surface area (Å²) in [4.78, 5) is 11.4. The van der Waals surface area contributed by atoms with Crippen LogP contribution in [0, 0.1) is 5.82 Å². The van der Waals surface area contributed by atoms with Gasteiger partial charge in [0.05, 0.1) is 0 Å². The summed E-state index contributed by atoms with van der Waals surface area (Å²) in [5.74, 6) is -0.205. The van der Waals surface area contributed by atoms with Gasteiger partial charge in [0.1, 0.15) is 5.82 Å². The molecule has 0 aliphatic carbocycles. The van der Waals surface area contributed by atoms with Crippen LogP contribution in [0.2, 0.25) is 0 Å². The van der Waals surface area contributed by atoms with E-state index in [0.717, 1.165) is 37.2 Å². The van der Waals surface area contributed by atoms with Crippen molar-refractivity contribution in [1.82, 2.24) is 9.62 Å². The average molecular weight is 254 g/mol. The van der Waals surface area contributed by atoms with E-state index in [1.807, 2.05) is 0 Å². The molecule has 0 radical (unpaired) electrons. The summed E-state index contributed by atoms with van der Waals surface area (Å²) in [6.07, 6.45) is 2.70. The highest BCUT2D eigenvalue weighted by Crippen LogP contribution is 2.26. The summed E-state index contributed by atoms with van der Waals surface area (Å²) in [6, 6.07) is 6.83. The summed E-state index contributed by atoms with van der Waals surface area (Å²) in [6.45, 7) is 1.88. The zero-order valence-corrected chi connectivity index (χ0v) is 10.3. The van der Waals surface area contributed by atoms with Crippen molar-refractivity contribution in [2.45, 2.75) is 23.8 Å². The van der Waals surface area contributed by atoms with Crippen LogP contribution >= 0.6 is 11.9 Å². The molecule has 0 saturated carbocycles. The SMILES string of the molecule is O=CNC1CCN(Sc2ccc(F)cc2)CC1. The number of carbonyl (C=O) groups is 1. The van der Waals surface area contributed by atoms with Gasteiger partial charge in [0, 0.05) is 24.0 Å². The first kappa shape index (κ1) is 12.4. The summed E-state index contributed by atoms with van der Waals surface area (Å²) < 4.78 is 15.0. The zero-order valence-electron chi connectivity index (χ0n) is 9.43. The van der Waals surface area contributed by atoms with Crippen LogP contribution in [0.5, 0.6) is 0 Å². The maximum Gasteiger partial charge on any atom is 0.207 e. The Kier molecular flexibility index (Phi) is 4.39. The second-order valence-electron chi connectivity index (χ2n) is 4.03. The van der Waals surface area contributed by atoms with Gasteiger partial charge >= 0.3 is 0 Å². The Morgan fingerprint density at radius 1 is 1.29 bits per heavy atom. The molecule has 0 spiro atoms. The molecule has 1 amide bonds. The van der Waals surface area contributed by atoms with Crippen LogP contribution < -0.4 is 5.32 Å². The smallest absolute Gasteiger partial charge is 0.207 e. The molecule has 1 aliphatic rings. The quantitative estimate of drug-likeness (QED) is 0.659. The van der Waals surface area contributed by atoms with Crippen LogP contribution in [0.25, 0.3) is 0 Å². The van der Waals surface area contributed by atoms with Gasteiger partial charge in [-0.3, -0.25) is 4.79 Å². The van der Waals surface area contributed by atoms with Crippen molar-refractivity contribution in [2.24, 2.45) is 0 Å². The van der Waals surface area contributed by atoms with E-state index in [1.165, 1.54) is 12.1 Å². The van der Waals surface area contributed by atoms with Crippen LogP contribution in [0.4, 0.5) is 4.39 Å². The number of hydrogen-bond donors (Lipinski definition) is 1. The second-order valence-corrected chi connectivity index (χ2v) is 5.20. The highest BCUT2D eigenvalue weighted by atomic mass is 32.2. The van der Waals surface area contributed by atoms with Crippen molar-refractivity contribution in [3.63, 3.8) is 0 Å². The first-order chi connectivity index (χ1) is 8.28. The molecule has 1 aliphatic heterocycles. The Balaban J connectivity index is 1.81. The highest BCUT2D eigenvalue weighted by molar-refractivity contribution is 7.97. The molecular weight excluding hydrogens is 239 g/mol. The average Bonchev–Trinajstić information content (AvgIpc) is 2.35. The van der Waals surface area contributed by atoms with Crippen molar-refractivity contribution in [1.29, 1.82) is 0 Å². The molecule has 0 aromatic heterocycles. The van der Waals surface area contributed by atoms with Gasteiger partial charge in [-0.2, -0.15) is 0 Å². The number of piperidine rings is 1. The van der Waals surface area contributed by atoms with Crippen molar-refractivity contribution in [2.75, 3.05) is 13.1 Å². The predicted molar refractivity (Wildman–Crippen MR) is 66.1 cm³/mol. The molecule has 2 rings (SSSR count). The number of rotatable bonds is 4. The molecule has 0 atom stereocenters. The lowest BCUT2D eigenvalue weighted by atomic mass is 10.1. The minimum Gasteiger partial charge on any atom is -0.356 e. The first-order valence-corrected chi connectivity index (χ1v) is 6.43. The molecule has 1 saturated heterocycles. The van der Waals surface area contributed by atoms with E-state index in [4.69, 9.17) is 0 Å². The van der Waals surface area contributed by atoms with Gasteiger partial charge in [0.25, 0.3) is 0 Å². The van der Waals surface area contributed by atoms with E-state index in [-0.39, 0.29) is 5.82 Å². The van der Waals surface area contributed by atoms with Gasteiger partial charge < -0.3 is 5.32 Å². The van der Waals surface area contributed by atoms with E-state index in [2.05, 4.69) is 9.62 Å². The van der Waals surface area contributed by atoms with E-state index in [0.29, 0.717) is 6.04 Å². The predicted octanol–water partition coefficient (Wildman–Crippen LogP) is 2.04. The third-order valence-electron chi connectivity index (χ3n) is 2.81. The largest absolute Gasteiger partial charge is 0.356 e. The fourth-order valence-corrected chi connectivity index (χ4v) is 2.80. The Morgan fingerprint density at radius 2 is 1.94 bits per heavy atom. The molecule has 1 fully saturated rings. The maximum absolute atomic E-state index is 12.7. The van der Waals surface area contributed by atoms with Gasteiger partial charge in [-0.25, -0.2) is 8.70 Å². The minimum atomic E-state index is -0.205. The number of carbonyl (C=O) groups excluding carboxylic acids is 1. The third kappa shape index (κ3) is 3.71. The number of nitrogens with zero attached hydrogens (tertiary/aromatic N) is 1. The Morgan fingerprint density at radius 3 is 2.53 bits per heavy atom. The van der Waals surface area contributed by atoms with Gasteiger partial charge in [-0.15, -0.1) is 0 Å². The zero-order chi connectivity index (χ0) is 12.1. The summed E-state index contributed by atoms with van der Waals surface area (Å²) in [7, 11) is 0. The molecule has 1 aromatic carbocycles. The fraction of sp³-hybridized carbons (Fsp3) is 0.417. The highest BCUT2D eigenvalue weighted by Gasteiger charge is 2.19. The van der Waals surface area contributed by atoms with E-state index < -0.39 is 0 Å². The standard InChI is InChI=1S/C12H15FN2OS/c13-10-1-3-12(4-2-10)17-15-7-5-11(6-8-15)14-9-16/h1-4,9,11H,5-8H2,(H,14,16). The van der Waals surface area contributed by atoms with Crippen LogP contribution in [-0.2, 0) is 4.79 Å². The van der Waals surface area contributed by atoms with Crippen molar-refractivity contribution in [3.8, 4) is 0 Å². The van der Waals surface area contributed by atoms with Gasteiger partial charge in [0.2, 0.25) is 6.41 Å². The molecule has 1 heterocycles. The lowest BCUT2D eigenvalue weighted by Crippen LogP contribution is -2.39. The number of halogens is 1. The third-order valence-corrected chi connectivity index (χ3v) is 3.91. The molecule has 0 bridgehead atoms. The van der Waals surface area contributed by atoms with Crippen LogP contribution in [0.1, 0.15) is 12.8 Å². The molecule has 1 aromatic rings. The van der Waals surface area contributed by atoms with Crippen molar-refractivity contribution < 1.29 is 9.18 Å². The van der Waals surface area contributed by atoms with Crippen LogP contribution in [0.3, 0.4) is 0 Å². The number of nitrogens with one attached hydrogen (secondary N) is 1. The molecule has 1 N–H and O–H groups in total. The lowest BCUT2D eigenvalue weighted by molar-refractivity contribution is -0.110. The fourth-order valence-electron chi connectivity index (χ4n) is 1.85. The Bertz CT molecular complexity index is 363. The lowest BCUT2D eigenvalue weighted by Gasteiger charge is -2.30. The summed E-state index contributed by atoms with van der Waals surface area (Å²) >= 11 is 1.64. The second kappa shape index (κ2) is 6.02. The number of benzene rings is 1. The summed E-state index contributed by atoms with van der Waals surface area (Å²) in [5, 5.41) is 2.81. The number of amides is 1. The molecule has 0 unspecified atom stereocenters. The summed E-state index contributed by atoms with van der Waals surface area (Å²) in [5.41, 5.74) is 0. The van der Waals surface area contributed by atoms with E-state index in [9.17, 15) is 9.18 Å². The maximum atomic E-state index is 12.7. The van der Waals surface area contributed by atoms with Gasteiger partial charge in [-0.05, 0) is 49.1 Å². The Hall–Kier alpha value is -1.07.